The molecule has 0 unspecified atom stereocenters. The summed E-state index contributed by atoms with van der Waals surface area (Å²) in [7, 11) is 0. The zero-order valence-corrected chi connectivity index (χ0v) is 19.3. The molecule has 4 aromatic rings. The van der Waals surface area contributed by atoms with E-state index in [1.807, 2.05) is 49.4 Å². The lowest BCUT2D eigenvalue weighted by Crippen LogP contribution is -2.17. The second kappa shape index (κ2) is 11.6. The Kier molecular flexibility index (Phi) is 7.86. The summed E-state index contributed by atoms with van der Waals surface area (Å²) in [5.74, 6) is 0.585. The van der Waals surface area contributed by atoms with E-state index >= 15 is 0 Å². The van der Waals surface area contributed by atoms with Gasteiger partial charge in [-0.15, -0.1) is 0 Å². The lowest BCUT2D eigenvalue weighted by Gasteiger charge is -2.08. The molecular formula is C29H25FN2O3. The summed E-state index contributed by atoms with van der Waals surface area (Å²) >= 11 is 0. The van der Waals surface area contributed by atoms with Gasteiger partial charge in [-0.2, -0.15) is 5.10 Å². The molecule has 1 N–H and O–H groups in total. The molecular weight excluding hydrogens is 443 g/mol. The van der Waals surface area contributed by atoms with Gasteiger partial charge in [-0.25, -0.2) is 9.82 Å². The molecule has 1 amide bonds. The summed E-state index contributed by atoms with van der Waals surface area (Å²) in [6.07, 6.45) is 1.56. The Balaban J connectivity index is 1.28. The van der Waals surface area contributed by atoms with E-state index < -0.39 is 0 Å². The van der Waals surface area contributed by atoms with Crippen LogP contribution in [0.3, 0.4) is 0 Å². The lowest BCUT2D eigenvalue weighted by atomic mass is 10.1. The van der Waals surface area contributed by atoms with Crippen molar-refractivity contribution in [3.63, 3.8) is 0 Å². The van der Waals surface area contributed by atoms with Gasteiger partial charge >= 0.3 is 0 Å². The van der Waals surface area contributed by atoms with Crippen molar-refractivity contribution in [3.05, 3.63) is 131 Å². The third kappa shape index (κ3) is 7.01. The highest BCUT2D eigenvalue weighted by Gasteiger charge is 2.06. The predicted octanol–water partition coefficient (Wildman–Crippen LogP) is 6.06. The fourth-order valence-electron chi connectivity index (χ4n) is 3.36. The maximum absolute atomic E-state index is 13.7. The molecule has 0 aliphatic carbocycles. The van der Waals surface area contributed by atoms with Crippen molar-refractivity contribution in [1.82, 2.24) is 5.43 Å². The minimum atomic E-state index is -0.353. The van der Waals surface area contributed by atoms with Crippen molar-refractivity contribution in [3.8, 4) is 11.5 Å². The SMILES string of the molecule is Cc1cccc(COc2cccc(/C=N\NC(=O)c3ccc(OCc4ccccc4F)cc3)c2)c1. The van der Waals surface area contributed by atoms with Gasteiger partial charge in [-0.3, -0.25) is 4.79 Å². The van der Waals surface area contributed by atoms with Gasteiger partial charge < -0.3 is 9.47 Å². The normalized spacial score (nSPS) is 10.8. The Hall–Kier alpha value is -4.45. The molecule has 0 spiro atoms. The molecule has 0 bridgehead atoms. The van der Waals surface area contributed by atoms with Gasteiger partial charge in [-0.05, 0) is 60.5 Å². The second-order valence-electron chi connectivity index (χ2n) is 7.95. The first-order valence-electron chi connectivity index (χ1n) is 11.1. The fraction of sp³-hybridized carbons (Fsp3) is 0.103. The molecule has 0 saturated carbocycles. The molecule has 0 atom stereocenters. The van der Waals surface area contributed by atoms with Crippen LogP contribution in [0, 0.1) is 12.7 Å². The standard InChI is InChI=1S/C29H25FN2O3/c1-21-6-4-8-23(16-21)19-34-27-10-5-7-22(17-27)18-31-32-29(33)24-12-14-26(15-13-24)35-20-25-9-2-3-11-28(25)30/h2-18H,19-20H2,1H3,(H,32,33)/b31-18-. The average Bonchev–Trinajstić information content (AvgIpc) is 2.88. The lowest BCUT2D eigenvalue weighted by molar-refractivity contribution is 0.0955. The largest absolute Gasteiger partial charge is 0.489 e. The first-order valence-corrected chi connectivity index (χ1v) is 11.1. The van der Waals surface area contributed by atoms with Crippen molar-refractivity contribution in [2.45, 2.75) is 20.1 Å². The number of amides is 1. The highest BCUT2D eigenvalue weighted by molar-refractivity contribution is 5.95. The molecule has 0 fully saturated rings. The Bertz CT molecular complexity index is 1320. The summed E-state index contributed by atoms with van der Waals surface area (Å²) in [5, 5.41) is 4.04. The summed E-state index contributed by atoms with van der Waals surface area (Å²) < 4.78 is 25.2. The number of nitrogens with zero attached hydrogens (tertiary/aromatic N) is 1. The number of ether oxygens (including phenoxy) is 2. The topological polar surface area (TPSA) is 59.9 Å². The zero-order chi connectivity index (χ0) is 24.5. The van der Waals surface area contributed by atoms with Gasteiger partial charge in [0.15, 0.2) is 0 Å². The van der Waals surface area contributed by atoms with Gasteiger partial charge in [0.1, 0.15) is 30.5 Å². The number of aryl methyl sites for hydroxylation is 1. The van der Waals surface area contributed by atoms with E-state index in [1.165, 1.54) is 11.6 Å². The van der Waals surface area contributed by atoms with Crippen LogP contribution in [0.4, 0.5) is 4.39 Å². The predicted molar refractivity (Wildman–Crippen MR) is 134 cm³/mol. The number of halogens is 1. The van der Waals surface area contributed by atoms with E-state index in [0.29, 0.717) is 29.2 Å². The number of hydrogen-bond acceptors (Lipinski definition) is 4. The van der Waals surface area contributed by atoms with E-state index in [1.54, 1.807) is 48.7 Å². The van der Waals surface area contributed by atoms with Crippen LogP contribution in [0.1, 0.15) is 32.6 Å². The molecule has 0 heterocycles. The molecule has 35 heavy (non-hydrogen) atoms. The first kappa shape index (κ1) is 23.7. The van der Waals surface area contributed by atoms with Crippen LogP contribution in [0.5, 0.6) is 11.5 Å². The quantitative estimate of drug-likeness (QED) is 0.240. The Morgan fingerprint density at radius 3 is 2.43 bits per heavy atom. The van der Waals surface area contributed by atoms with Crippen LogP contribution in [-0.4, -0.2) is 12.1 Å². The van der Waals surface area contributed by atoms with E-state index in [-0.39, 0.29) is 18.3 Å². The van der Waals surface area contributed by atoms with Gasteiger partial charge in [0.05, 0.1) is 6.21 Å². The van der Waals surface area contributed by atoms with E-state index in [9.17, 15) is 9.18 Å². The van der Waals surface area contributed by atoms with Crippen molar-refractivity contribution >= 4 is 12.1 Å². The van der Waals surface area contributed by atoms with Crippen LogP contribution >= 0.6 is 0 Å². The van der Waals surface area contributed by atoms with Crippen LogP contribution < -0.4 is 14.9 Å². The summed E-state index contributed by atoms with van der Waals surface area (Å²) in [5.41, 5.74) is 6.49. The highest BCUT2D eigenvalue weighted by atomic mass is 19.1. The minimum absolute atomic E-state index is 0.107. The maximum Gasteiger partial charge on any atom is 0.271 e. The molecule has 5 nitrogen and oxygen atoms in total. The van der Waals surface area contributed by atoms with Crippen molar-refractivity contribution < 1.29 is 18.7 Å². The summed E-state index contributed by atoms with van der Waals surface area (Å²) in [6, 6.07) is 28.7. The van der Waals surface area contributed by atoms with Gasteiger partial charge in [-0.1, -0.05) is 60.2 Å². The Morgan fingerprint density at radius 1 is 0.857 bits per heavy atom. The number of hydrogen-bond donors (Lipinski definition) is 1. The van der Waals surface area contributed by atoms with Crippen molar-refractivity contribution in [1.29, 1.82) is 0 Å². The second-order valence-corrected chi connectivity index (χ2v) is 7.95. The van der Waals surface area contributed by atoms with E-state index in [2.05, 4.69) is 16.6 Å². The number of nitrogens with one attached hydrogen (secondary N) is 1. The highest BCUT2D eigenvalue weighted by Crippen LogP contribution is 2.17. The molecule has 6 heteroatoms. The van der Waals surface area contributed by atoms with Crippen LogP contribution in [-0.2, 0) is 13.2 Å². The third-order valence-electron chi connectivity index (χ3n) is 5.19. The monoisotopic (exact) mass is 468 g/mol. The number of hydrazone groups is 1. The van der Waals surface area contributed by atoms with Crippen LogP contribution in [0.25, 0.3) is 0 Å². The minimum Gasteiger partial charge on any atom is -0.489 e. The number of carbonyl (C=O) groups excluding carboxylic acids is 1. The van der Waals surface area contributed by atoms with Crippen LogP contribution in [0.2, 0.25) is 0 Å². The van der Waals surface area contributed by atoms with Gasteiger partial charge in [0.25, 0.3) is 5.91 Å². The molecule has 0 aliphatic rings. The summed E-state index contributed by atoms with van der Waals surface area (Å²) in [6.45, 7) is 2.63. The molecule has 0 saturated heterocycles. The van der Waals surface area contributed by atoms with E-state index in [4.69, 9.17) is 9.47 Å². The zero-order valence-electron chi connectivity index (χ0n) is 19.3. The maximum atomic E-state index is 13.7. The molecule has 0 aliphatic heterocycles. The number of benzene rings is 4. The fourth-order valence-corrected chi connectivity index (χ4v) is 3.36. The average molecular weight is 469 g/mol. The summed E-state index contributed by atoms with van der Waals surface area (Å²) in [4.78, 5) is 12.4. The third-order valence-corrected chi connectivity index (χ3v) is 5.19. The molecule has 176 valence electrons. The molecule has 4 aromatic carbocycles. The Labute approximate surface area is 203 Å². The molecule has 0 aromatic heterocycles. The van der Waals surface area contributed by atoms with Crippen molar-refractivity contribution in [2.24, 2.45) is 5.10 Å². The van der Waals surface area contributed by atoms with Gasteiger partial charge in [0.2, 0.25) is 0 Å². The van der Waals surface area contributed by atoms with Crippen LogP contribution in [0.15, 0.2) is 102 Å². The van der Waals surface area contributed by atoms with Crippen molar-refractivity contribution in [2.75, 3.05) is 0 Å². The Morgan fingerprint density at radius 2 is 1.63 bits per heavy atom. The number of carbonyl (C=O) groups is 1. The van der Waals surface area contributed by atoms with E-state index in [0.717, 1.165) is 11.1 Å². The number of rotatable bonds is 9. The molecule has 0 radical (unpaired) electrons. The molecule has 4 rings (SSSR count). The first-order chi connectivity index (χ1) is 17.1. The smallest absolute Gasteiger partial charge is 0.271 e. The van der Waals surface area contributed by atoms with Gasteiger partial charge in [0, 0.05) is 11.1 Å².